The van der Waals surface area contributed by atoms with E-state index in [0.717, 1.165) is 39.0 Å². The minimum absolute atomic E-state index is 0. The van der Waals surface area contributed by atoms with Crippen LogP contribution in [0, 0.1) is 5.41 Å². The van der Waals surface area contributed by atoms with Crippen molar-refractivity contribution in [2.75, 3.05) is 32.8 Å². The molecule has 7 heteroatoms. The summed E-state index contributed by atoms with van der Waals surface area (Å²) in [7, 11) is 0. The molecule has 0 atom stereocenters. The monoisotopic (exact) mass is 353 g/mol. The van der Waals surface area contributed by atoms with Crippen LogP contribution in [0.15, 0.2) is 24.3 Å². The third-order valence-corrected chi connectivity index (χ3v) is 4.93. The highest BCUT2D eigenvalue weighted by atomic mass is 35.5. The highest BCUT2D eigenvalue weighted by Gasteiger charge is 2.38. The van der Waals surface area contributed by atoms with Crippen molar-refractivity contribution in [3.63, 3.8) is 0 Å². The maximum Gasteiger partial charge on any atom is 0.257 e. The summed E-state index contributed by atoms with van der Waals surface area (Å²) in [6.07, 6.45) is 3.28. The second-order valence-corrected chi connectivity index (χ2v) is 6.47. The smallest absolute Gasteiger partial charge is 0.257 e. The maximum atomic E-state index is 12.8. The van der Waals surface area contributed by atoms with Crippen molar-refractivity contribution in [1.29, 1.82) is 0 Å². The van der Waals surface area contributed by atoms with Crippen LogP contribution >= 0.6 is 12.4 Å². The Labute approximate surface area is 148 Å². The molecule has 0 radical (unpaired) electrons. The number of benzene rings is 1. The van der Waals surface area contributed by atoms with Crippen LogP contribution in [0.25, 0.3) is 0 Å². The highest BCUT2D eigenvalue weighted by Crippen LogP contribution is 2.37. The van der Waals surface area contributed by atoms with E-state index in [4.69, 9.17) is 10.5 Å². The van der Waals surface area contributed by atoms with Crippen LogP contribution in [0.2, 0.25) is 0 Å². The van der Waals surface area contributed by atoms with E-state index >= 15 is 0 Å². The number of hydrogen-bond acceptors (Lipinski definition) is 4. The molecule has 2 aliphatic heterocycles. The molecule has 0 bridgehead atoms. The number of primary amides is 1. The molecular weight excluding hydrogens is 330 g/mol. The van der Waals surface area contributed by atoms with Crippen molar-refractivity contribution in [3.05, 3.63) is 29.8 Å². The summed E-state index contributed by atoms with van der Waals surface area (Å²) in [5.41, 5.74) is 5.98. The normalized spacial score (nSPS) is 18.9. The number of likely N-dealkylation sites (tertiary alicyclic amines) is 1. The molecule has 24 heavy (non-hydrogen) atoms. The fourth-order valence-electron chi connectivity index (χ4n) is 3.49. The second-order valence-electron chi connectivity index (χ2n) is 6.47. The number of nitrogens with zero attached hydrogens (tertiary/aromatic N) is 1. The standard InChI is InChI=1S/C17H23N3O3.ClH/c18-15(21)11-23-14-4-2-1-3-13(14)16(22)20-9-6-17(7-10-20)5-8-19-12-17;/h1-4,19H,5-12H2,(H2,18,21);1H. The first-order valence-electron chi connectivity index (χ1n) is 8.10. The van der Waals surface area contributed by atoms with Crippen molar-refractivity contribution in [2.45, 2.75) is 19.3 Å². The predicted octanol–water partition coefficient (Wildman–Crippen LogP) is 1.19. The molecule has 3 rings (SSSR count). The van der Waals surface area contributed by atoms with Gasteiger partial charge in [-0.1, -0.05) is 12.1 Å². The molecule has 0 aromatic heterocycles. The molecule has 2 aliphatic rings. The van der Waals surface area contributed by atoms with E-state index in [9.17, 15) is 9.59 Å². The molecule has 0 aliphatic carbocycles. The number of nitrogens with one attached hydrogen (secondary N) is 1. The quantitative estimate of drug-likeness (QED) is 0.851. The third kappa shape index (κ3) is 3.99. The molecule has 3 N–H and O–H groups in total. The Morgan fingerprint density at radius 2 is 1.92 bits per heavy atom. The summed E-state index contributed by atoms with van der Waals surface area (Å²) < 4.78 is 5.37. The highest BCUT2D eigenvalue weighted by molar-refractivity contribution is 5.97. The maximum absolute atomic E-state index is 12.8. The molecule has 2 amide bonds. The average Bonchev–Trinajstić information content (AvgIpc) is 3.01. The fourth-order valence-corrected chi connectivity index (χ4v) is 3.49. The van der Waals surface area contributed by atoms with E-state index in [1.807, 2.05) is 4.90 Å². The Bertz CT molecular complexity index is 592. The van der Waals surface area contributed by atoms with Crippen LogP contribution in [0.5, 0.6) is 5.75 Å². The number of nitrogens with two attached hydrogens (primary N) is 1. The van der Waals surface area contributed by atoms with Crippen LogP contribution in [0.1, 0.15) is 29.6 Å². The Morgan fingerprint density at radius 1 is 1.21 bits per heavy atom. The fraction of sp³-hybridized carbons (Fsp3) is 0.529. The van der Waals surface area contributed by atoms with Crippen LogP contribution in [0.3, 0.4) is 0 Å². The second kappa shape index (κ2) is 7.85. The predicted molar refractivity (Wildman–Crippen MR) is 93.4 cm³/mol. The lowest BCUT2D eigenvalue weighted by Crippen LogP contribution is -2.44. The molecule has 0 saturated carbocycles. The van der Waals surface area contributed by atoms with Gasteiger partial charge in [-0.05, 0) is 43.4 Å². The van der Waals surface area contributed by atoms with Gasteiger partial charge in [-0.2, -0.15) is 0 Å². The molecule has 2 fully saturated rings. The molecular formula is C17H24ClN3O3. The number of ether oxygens (including phenoxy) is 1. The summed E-state index contributed by atoms with van der Waals surface area (Å²) in [6.45, 7) is 3.46. The van der Waals surface area contributed by atoms with Crippen LogP contribution in [0.4, 0.5) is 0 Å². The summed E-state index contributed by atoms with van der Waals surface area (Å²) in [4.78, 5) is 25.6. The lowest BCUT2D eigenvalue weighted by atomic mass is 9.78. The number of rotatable bonds is 4. The summed E-state index contributed by atoms with van der Waals surface area (Å²) >= 11 is 0. The zero-order valence-electron chi connectivity index (χ0n) is 13.6. The lowest BCUT2D eigenvalue weighted by Gasteiger charge is -2.39. The van der Waals surface area contributed by atoms with Gasteiger partial charge in [0, 0.05) is 19.6 Å². The Kier molecular flexibility index (Phi) is 6.07. The summed E-state index contributed by atoms with van der Waals surface area (Å²) in [6, 6.07) is 7.02. The van der Waals surface area contributed by atoms with E-state index in [2.05, 4.69) is 5.32 Å². The number of carbonyl (C=O) groups excluding carboxylic acids is 2. The van der Waals surface area contributed by atoms with Gasteiger partial charge in [0.25, 0.3) is 11.8 Å². The van der Waals surface area contributed by atoms with Gasteiger partial charge in [-0.25, -0.2) is 0 Å². The number of carbonyl (C=O) groups is 2. The largest absolute Gasteiger partial charge is 0.483 e. The first-order chi connectivity index (χ1) is 11.1. The van der Waals surface area contributed by atoms with Crippen LogP contribution in [-0.2, 0) is 4.79 Å². The van der Waals surface area contributed by atoms with E-state index in [1.165, 1.54) is 6.42 Å². The van der Waals surface area contributed by atoms with E-state index < -0.39 is 5.91 Å². The van der Waals surface area contributed by atoms with Crippen molar-refractivity contribution >= 4 is 24.2 Å². The minimum atomic E-state index is -0.555. The lowest BCUT2D eigenvalue weighted by molar-refractivity contribution is -0.119. The topological polar surface area (TPSA) is 84.7 Å². The molecule has 132 valence electrons. The zero-order chi connectivity index (χ0) is 16.3. The molecule has 1 spiro atoms. The van der Waals surface area contributed by atoms with Gasteiger partial charge in [-0.3, -0.25) is 9.59 Å². The average molecular weight is 354 g/mol. The zero-order valence-corrected chi connectivity index (χ0v) is 14.4. The number of piperidine rings is 1. The first kappa shape index (κ1) is 18.5. The minimum Gasteiger partial charge on any atom is -0.483 e. The van der Waals surface area contributed by atoms with Gasteiger partial charge < -0.3 is 20.7 Å². The van der Waals surface area contributed by atoms with Crippen molar-refractivity contribution in [3.8, 4) is 5.75 Å². The van der Waals surface area contributed by atoms with Gasteiger partial charge in [0.1, 0.15) is 5.75 Å². The van der Waals surface area contributed by atoms with Gasteiger partial charge in [-0.15, -0.1) is 12.4 Å². The van der Waals surface area contributed by atoms with Crippen molar-refractivity contribution < 1.29 is 14.3 Å². The molecule has 2 saturated heterocycles. The van der Waals surface area contributed by atoms with E-state index in [0.29, 0.717) is 16.7 Å². The van der Waals surface area contributed by atoms with Crippen molar-refractivity contribution in [2.24, 2.45) is 11.1 Å². The Balaban J connectivity index is 0.00000208. The van der Waals surface area contributed by atoms with Gasteiger partial charge in [0.2, 0.25) is 0 Å². The first-order valence-corrected chi connectivity index (χ1v) is 8.10. The van der Waals surface area contributed by atoms with E-state index in [-0.39, 0.29) is 24.9 Å². The molecule has 2 heterocycles. The molecule has 1 aromatic carbocycles. The van der Waals surface area contributed by atoms with Gasteiger partial charge in [0.05, 0.1) is 5.56 Å². The van der Waals surface area contributed by atoms with Gasteiger partial charge in [0.15, 0.2) is 6.61 Å². The van der Waals surface area contributed by atoms with Crippen LogP contribution < -0.4 is 15.8 Å². The third-order valence-electron chi connectivity index (χ3n) is 4.93. The Morgan fingerprint density at radius 3 is 2.54 bits per heavy atom. The molecule has 0 unspecified atom stereocenters. The SMILES string of the molecule is Cl.NC(=O)COc1ccccc1C(=O)N1CCC2(CCNC2)CC1. The number of amides is 2. The number of hydrogen-bond donors (Lipinski definition) is 2. The summed E-state index contributed by atoms with van der Waals surface area (Å²) in [5.74, 6) is -0.175. The van der Waals surface area contributed by atoms with Crippen molar-refractivity contribution in [1.82, 2.24) is 10.2 Å². The number of para-hydroxylation sites is 1. The summed E-state index contributed by atoms with van der Waals surface area (Å²) in [5, 5.41) is 3.43. The molecule has 1 aromatic rings. The van der Waals surface area contributed by atoms with E-state index in [1.54, 1.807) is 24.3 Å². The van der Waals surface area contributed by atoms with Gasteiger partial charge >= 0.3 is 0 Å². The van der Waals surface area contributed by atoms with Crippen LogP contribution in [-0.4, -0.2) is 49.5 Å². The molecule has 6 nitrogen and oxygen atoms in total. The Hall–Kier alpha value is -1.79. The number of halogens is 1.